The van der Waals surface area contributed by atoms with Gasteiger partial charge in [-0.25, -0.2) is 0 Å². The van der Waals surface area contributed by atoms with Crippen LogP contribution in [0.25, 0.3) is 0 Å². The number of carbonyl (C=O) groups excluding carboxylic acids is 1. The highest BCUT2D eigenvalue weighted by atomic mass is 35.5. The van der Waals surface area contributed by atoms with Crippen LogP contribution in [-0.2, 0) is 6.42 Å². The first kappa shape index (κ1) is 20.5. The van der Waals surface area contributed by atoms with Crippen LogP contribution in [0.1, 0.15) is 43.1 Å². The third-order valence-corrected chi connectivity index (χ3v) is 4.46. The predicted octanol–water partition coefficient (Wildman–Crippen LogP) is 4.69. The molecule has 0 bridgehead atoms. The molecule has 1 aromatic carbocycles. The zero-order chi connectivity index (χ0) is 19.3. The number of nitrogens with one attached hydrogen (secondary N) is 1. The van der Waals surface area contributed by atoms with Gasteiger partial charge in [-0.3, -0.25) is 10.1 Å². The number of carbonyl (C=O) groups is 1. The Morgan fingerprint density at radius 2 is 1.96 bits per heavy atom. The summed E-state index contributed by atoms with van der Waals surface area (Å²) < 4.78 is 11.0. The summed E-state index contributed by atoms with van der Waals surface area (Å²) in [6.07, 6.45) is 0.828. The van der Waals surface area contributed by atoms with E-state index in [-0.39, 0.29) is 5.91 Å². The van der Waals surface area contributed by atoms with Gasteiger partial charge < -0.3 is 9.47 Å². The normalized spacial score (nSPS) is 11.1. The van der Waals surface area contributed by atoms with Crippen molar-refractivity contribution < 1.29 is 14.3 Å². The highest BCUT2D eigenvalue weighted by Gasteiger charge is 2.18. The standard InChI is InChI=1S/C18H24ClN3O3S/c1-10(2)6-15-21-22-18(26-15)20-17(23)12-7-13(19)16(14(8-12)24-5)25-9-11(3)4/h7-8,10-11H,6,9H2,1-5H3,(H,20,22,23). The van der Waals surface area contributed by atoms with E-state index in [0.29, 0.717) is 45.7 Å². The summed E-state index contributed by atoms with van der Waals surface area (Å²) in [6.45, 7) is 8.80. The smallest absolute Gasteiger partial charge is 0.257 e. The van der Waals surface area contributed by atoms with Crippen LogP contribution in [-0.4, -0.2) is 29.8 Å². The Labute approximate surface area is 162 Å². The first-order valence-corrected chi connectivity index (χ1v) is 9.63. The van der Waals surface area contributed by atoms with Crippen molar-refractivity contribution in [1.82, 2.24) is 10.2 Å². The van der Waals surface area contributed by atoms with Gasteiger partial charge in [-0.05, 0) is 24.0 Å². The highest BCUT2D eigenvalue weighted by molar-refractivity contribution is 7.15. The number of amides is 1. The Kier molecular flexibility index (Phi) is 7.23. The van der Waals surface area contributed by atoms with Crippen molar-refractivity contribution >= 4 is 34.0 Å². The van der Waals surface area contributed by atoms with Crippen LogP contribution >= 0.6 is 22.9 Å². The highest BCUT2D eigenvalue weighted by Crippen LogP contribution is 2.37. The second kappa shape index (κ2) is 9.19. The van der Waals surface area contributed by atoms with Gasteiger partial charge in [0.05, 0.1) is 18.7 Å². The molecule has 0 unspecified atom stereocenters. The first-order chi connectivity index (χ1) is 12.3. The number of aromatic nitrogens is 2. The summed E-state index contributed by atoms with van der Waals surface area (Å²) in [4.78, 5) is 12.5. The van der Waals surface area contributed by atoms with Gasteiger partial charge in [0.25, 0.3) is 5.91 Å². The summed E-state index contributed by atoms with van der Waals surface area (Å²) in [6, 6.07) is 3.16. The Hall–Kier alpha value is -1.86. The van der Waals surface area contributed by atoms with Crippen molar-refractivity contribution in [3.05, 3.63) is 27.7 Å². The molecule has 0 saturated carbocycles. The second-order valence-electron chi connectivity index (χ2n) is 6.75. The molecule has 26 heavy (non-hydrogen) atoms. The lowest BCUT2D eigenvalue weighted by molar-refractivity contribution is 0.102. The first-order valence-electron chi connectivity index (χ1n) is 8.44. The summed E-state index contributed by atoms with van der Waals surface area (Å²) in [5, 5.41) is 12.5. The van der Waals surface area contributed by atoms with Crippen molar-refractivity contribution in [2.75, 3.05) is 19.0 Å². The number of hydrogen-bond acceptors (Lipinski definition) is 6. The van der Waals surface area contributed by atoms with Crippen LogP contribution in [0.2, 0.25) is 5.02 Å². The molecule has 1 heterocycles. The molecule has 0 aliphatic rings. The minimum absolute atomic E-state index is 0.326. The molecule has 0 spiro atoms. The number of hydrogen-bond donors (Lipinski definition) is 1. The van der Waals surface area contributed by atoms with Crippen LogP contribution < -0.4 is 14.8 Å². The average Bonchev–Trinajstić information content (AvgIpc) is 2.98. The Balaban J connectivity index is 2.15. The van der Waals surface area contributed by atoms with Gasteiger partial charge in [-0.15, -0.1) is 10.2 Å². The van der Waals surface area contributed by atoms with Crippen molar-refractivity contribution in [1.29, 1.82) is 0 Å². The van der Waals surface area contributed by atoms with Crippen LogP contribution in [0, 0.1) is 11.8 Å². The Morgan fingerprint density at radius 1 is 1.23 bits per heavy atom. The molecule has 142 valence electrons. The van der Waals surface area contributed by atoms with Crippen LogP contribution in [0.4, 0.5) is 5.13 Å². The zero-order valence-electron chi connectivity index (χ0n) is 15.6. The van der Waals surface area contributed by atoms with E-state index in [1.54, 1.807) is 12.1 Å². The van der Waals surface area contributed by atoms with Gasteiger partial charge in [0.15, 0.2) is 11.5 Å². The minimum Gasteiger partial charge on any atom is -0.493 e. The van der Waals surface area contributed by atoms with Gasteiger partial charge in [-0.2, -0.15) is 0 Å². The quantitative estimate of drug-likeness (QED) is 0.699. The molecule has 6 nitrogen and oxygen atoms in total. The van der Waals surface area contributed by atoms with Crippen molar-refractivity contribution in [2.45, 2.75) is 34.1 Å². The molecule has 1 aromatic heterocycles. The largest absolute Gasteiger partial charge is 0.493 e. The van der Waals surface area contributed by atoms with E-state index >= 15 is 0 Å². The van der Waals surface area contributed by atoms with Gasteiger partial charge in [0.1, 0.15) is 5.01 Å². The fourth-order valence-electron chi connectivity index (χ4n) is 2.15. The van der Waals surface area contributed by atoms with Gasteiger partial charge in [0.2, 0.25) is 5.13 Å². The molecule has 1 N–H and O–H groups in total. The molecule has 0 saturated heterocycles. The number of ether oxygens (including phenoxy) is 2. The fourth-order valence-corrected chi connectivity index (χ4v) is 3.36. The van der Waals surface area contributed by atoms with Crippen molar-refractivity contribution in [3.63, 3.8) is 0 Å². The summed E-state index contributed by atoms with van der Waals surface area (Å²) >= 11 is 7.66. The van der Waals surface area contributed by atoms with Crippen molar-refractivity contribution in [2.24, 2.45) is 11.8 Å². The van der Waals surface area contributed by atoms with E-state index in [9.17, 15) is 4.79 Å². The number of halogens is 1. The Bertz CT molecular complexity index is 762. The molecule has 2 aromatic rings. The summed E-state index contributed by atoms with van der Waals surface area (Å²) in [7, 11) is 1.51. The molecule has 0 aliphatic heterocycles. The van der Waals surface area contributed by atoms with Crippen LogP contribution in [0.3, 0.4) is 0 Å². The monoisotopic (exact) mass is 397 g/mol. The number of nitrogens with zero attached hydrogens (tertiary/aromatic N) is 2. The maximum absolute atomic E-state index is 12.5. The summed E-state index contributed by atoms with van der Waals surface area (Å²) in [5.41, 5.74) is 0.365. The molecule has 0 radical (unpaired) electrons. The molecule has 2 rings (SSSR count). The molecule has 1 amide bonds. The minimum atomic E-state index is -0.326. The number of anilines is 1. The molecule has 0 aliphatic carbocycles. The van der Waals surface area contributed by atoms with E-state index in [0.717, 1.165) is 11.4 Å². The lowest BCUT2D eigenvalue weighted by atomic mass is 10.1. The molecule has 0 fully saturated rings. The second-order valence-corrected chi connectivity index (χ2v) is 8.22. The molecule has 8 heteroatoms. The maximum atomic E-state index is 12.5. The molecule has 0 atom stereocenters. The SMILES string of the molecule is COc1cc(C(=O)Nc2nnc(CC(C)C)s2)cc(Cl)c1OCC(C)C. The third kappa shape index (κ3) is 5.57. The molecular weight excluding hydrogens is 374 g/mol. The van der Waals surface area contributed by atoms with Crippen LogP contribution in [0.5, 0.6) is 11.5 Å². The summed E-state index contributed by atoms with van der Waals surface area (Å²) in [5.74, 6) is 1.35. The number of rotatable bonds is 8. The van der Waals surface area contributed by atoms with Gasteiger partial charge in [-0.1, -0.05) is 50.6 Å². The lowest BCUT2D eigenvalue weighted by Crippen LogP contribution is -2.13. The van der Waals surface area contributed by atoms with Gasteiger partial charge in [0, 0.05) is 12.0 Å². The molecular formula is C18H24ClN3O3S. The van der Waals surface area contributed by atoms with E-state index in [4.69, 9.17) is 21.1 Å². The van der Waals surface area contributed by atoms with E-state index in [1.165, 1.54) is 18.4 Å². The topological polar surface area (TPSA) is 73.3 Å². The zero-order valence-corrected chi connectivity index (χ0v) is 17.2. The average molecular weight is 398 g/mol. The predicted molar refractivity (Wildman–Crippen MR) is 105 cm³/mol. The van der Waals surface area contributed by atoms with Gasteiger partial charge >= 0.3 is 0 Å². The van der Waals surface area contributed by atoms with E-state index in [1.807, 2.05) is 13.8 Å². The van der Waals surface area contributed by atoms with Crippen LogP contribution in [0.15, 0.2) is 12.1 Å². The third-order valence-electron chi connectivity index (χ3n) is 3.32. The van der Waals surface area contributed by atoms with E-state index in [2.05, 4.69) is 29.4 Å². The number of benzene rings is 1. The Morgan fingerprint density at radius 3 is 2.58 bits per heavy atom. The lowest BCUT2D eigenvalue weighted by Gasteiger charge is -2.15. The maximum Gasteiger partial charge on any atom is 0.257 e. The van der Waals surface area contributed by atoms with E-state index < -0.39 is 0 Å². The van der Waals surface area contributed by atoms with Crippen molar-refractivity contribution in [3.8, 4) is 11.5 Å². The fraction of sp³-hybridized carbons (Fsp3) is 0.500. The number of methoxy groups -OCH3 is 1.